The van der Waals surface area contributed by atoms with Crippen LogP contribution in [0.4, 0.5) is 0 Å². The minimum atomic E-state index is -0.314. The number of piperidine rings is 1. The molecule has 2 rings (SSSR count). The molecule has 5 heteroatoms. The van der Waals surface area contributed by atoms with Crippen LogP contribution in [0.2, 0.25) is 0 Å². The van der Waals surface area contributed by atoms with Crippen molar-refractivity contribution < 1.29 is 9.53 Å². The maximum Gasteiger partial charge on any atom is 0.253 e. The molecule has 0 aliphatic carbocycles. The van der Waals surface area contributed by atoms with Crippen molar-refractivity contribution in [1.29, 1.82) is 0 Å². The Morgan fingerprint density at radius 3 is 3.06 bits per heavy atom. The van der Waals surface area contributed by atoms with E-state index in [1.807, 2.05) is 4.90 Å². The molecule has 2 unspecified atom stereocenters. The van der Waals surface area contributed by atoms with Gasteiger partial charge in [0.05, 0.1) is 6.61 Å². The quantitative estimate of drug-likeness (QED) is 0.688. The summed E-state index contributed by atoms with van der Waals surface area (Å²) in [5.41, 5.74) is 5.77. The van der Waals surface area contributed by atoms with Crippen LogP contribution in [0.15, 0.2) is 0 Å². The first kappa shape index (κ1) is 12.8. The van der Waals surface area contributed by atoms with Gasteiger partial charge in [-0.3, -0.25) is 4.79 Å². The minimum Gasteiger partial charge on any atom is -0.366 e. The Hall–Kier alpha value is -0.650. The van der Waals surface area contributed by atoms with Gasteiger partial charge in [0.2, 0.25) is 0 Å². The molecule has 0 saturated carbocycles. The highest BCUT2D eigenvalue weighted by Gasteiger charge is 2.33. The minimum absolute atomic E-state index is 0.111. The van der Waals surface area contributed by atoms with Crippen molar-refractivity contribution in [2.75, 3.05) is 32.8 Å². The summed E-state index contributed by atoms with van der Waals surface area (Å²) in [6, 6.07) is 0.191. The lowest BCUT2D eigenvalue weighted by Crippen LogP contribution is -2.56. The monoisotopic (exact) mass is 241 g/mol. The molecule has 1 amide bonds. The summed E-state index contributed by atoms with van der Waals surface area (Å²) < 4.78 is 5.52. The molecule has 17 heavy (non-hydrogen) atoms. The van der Waals surface area contributed by atoms with E-state index >= 15 is 0 Å². The van der Waals surface area contributed by atoms with Crippen molar-refractivity contribution in [2.45, 2.75) is 31.9 Å². The van der Waals surface area contributed by atoms with E-state index in [1.165, 1.54) is 0 Å². The van der Waals surface area contributed by atoms with Crippen LogP contribution in [0, 0.1) is 5.92 Å². The predicted molar refractivity (Wildman–Crippen MR) is 65.6 cm³/mol. The van der Waals surface area contributed by atoms with Crippen LogP contribution in [0.25, 0.3) is 0 Å². The van der Waals surface area contributed by atoms with Crippen LogP contribution in [-0.4, -0.2) is 55.7 Å². The average molecular weight is 241 g/mol. The highest BCUT2D eigenvalue weighted by molar-refractivity contribution is 5.81. The van der Waals surface area contributed by atoms with E-state index in [4.69, 9.17) is 10.5 Å². The Kier molecular flexibility index (Phi) is 4.36. The summed E-state index contributed by atoms with van der Waals surface area (Å²) in [4.78, 5) is 14.3. The topological polar surface area (TPSA) is 67.6 Å². The van der Waals surface area contributed by atoms with Crippen LogP contribution in [0.3, 0.4) is 0 Å². The molecule has 0 aromatic carbocycles. The maximum absolute atomic E-state index is 12.3. The van der Waals surface area contributed by atoms with Gasteiger partial charge in [-0.2, -0.15) is 0 Å². The molecule has 0 bridgehead atoms. The van der Waals surface area contributed by atoms with Crippen molar-refractivity contribution in [3.05, 3.63) is 0 Å². The number of carbonyl (C=O) groups excluding carboxylic acids is 1. The molecule has 3 N–H and O–H groups in total. The van der Waals surface area contributed by atoms with Gasteiger partial charge < -0.3 is 20.7 Å². The number of carbonyl (C=O) groups is 1. The number of likely N-dealkylation sites (tertiary alicyclic amines) is 1. The van der Waals surface area contributed by atoms with Crippen LogP contribution >= 0.6 is 0 Å². The molecule has 2 heterocycles. The van der Waals surface area contributed by atoms with Crippen LogP contribution in [0.5, 0.6) is 0 Å². The van der Waals surface area contributed by atoms with Gasteiger partial charge in [0, 0.05) is 32.2 Å². The fourth-order valence-electron chi connectivity index (χ4n) is 2.67. The first-order valence-electron chi connectivity index (χ1n) is 6.55. The van der Waals surface area contributed by atoms with Gasteiger partial charge in [0.25, 0.3) is 5.91 Å². The van der Waals surface area contributed by atoms with Crippen molar-refractivity contribution in [3.8, 4) is 0 Å². The second kappa shape index (κ2) is 5.80. The number of nitrogens with one attached hydrogen (secondary N) is 1. The highest BCUT2D eigenvalue weighted by atomic mass is 16.5. The molecule has 5 nitrogen and oxygen atoms in total. The Morgan fingerprint density at radius 1 is 1.59 bits per heavy atom. The number of ether oxygens (including phenoxy) is 1. The fraction of sp³-hybridized carbons (Fsp3) is 0.917. The van der Waals surface area contributed by atoms with Crippen molar-refractivity contribution >= 4 is 5.91 Å². The Balaban J connectivity index is 1.96. The second-order valence-electron chi connectivity index (χ2n) is 5.11. The van der Waals surface area contributed by atoms with Crippen molar-refractivity contribution in [2.24, 2.45) is 11.7 Å². The van der Waals surface area contributed by atoms with E-state index in [1.54, 1.807) is 0 Å². The van der Waals surface area contributed by atoms with E-state index in [0.717, 1.165) is 25.9 Å². The highest BCUT2D eigenvalue weighted by Crippen LogP contribution is 2.23. The zero-order valence-electron chi connectivity index (χ0n) is 10.5. The van der Waals surface area contributed by atoms with E-state index in [-0.39, 0.29) is 18.1 Å². The first-order valence-corrected chi connectivity index (χ1v) is 6.55. The predicted octanol–water partition coefficient (Wildman–Crippen LogP) is -0.439. The smallest absolute Gasteiger partial charge is 0.253 e. The summed E-state index contributed by atoms with van der Waals surface area (Å²) in [5.74, 6) is 0.776. The molecule has 0 spiro atoms. The van der Waals surface area contributed by atoms with Crippen molar-refractivity contribution in [3.63, 3.8) is 0 Å². The van der Waals surface area contributed by atoms with Gasteiger partial charge in [0.15, 0.2) is 0 Å². The molecule has 0 aromatic rings. The van der Waals surface area contributed by atoms with E-state index in [9.17, 15) is 4.79 Å². The zero-order chi connectivity index (χ0) is 12.3. The zero-order valence-corrected chi connectivity index (χ0v) is 10.5. The molecule has 2 saturated heterocycles. The van der Waals surface area contributed by atoms with Crippen molar-refractivity contribution in [1.82, 2.24) is 10.2 Å². The third-order valence-corrected chi connectivity index (χ3v) is 3.74. The molecular weight excluding hydrogens is 218 g/mol. The number of hydrogen-bond acceptors (Lipinski definition) is 4. The molecular formula is C12H23N3O2. The van der Waals surface area contributed by atoms with Gasteiger partial charge in [-0.15, -0.1) is 0 Å². The van der Waals surface area contributed by atoms with Gasteiger partial charge in [-0.05, 0) is 18.8 Å². The summed E-state index contributed by atoms with van der Waals surface area (Å²) >= 11 is 0. The third-order valence-electron chi connectivity index (χ3n) is 3.74. The Labute approximate surface area is 103 Å². The Morgan fingerprint density at radius 2 is 2.41 bits per heavy atom. The fourth-order valence-corrected chi connectivity index (χ4v) is 2.67. The largest absolute Gasteiger partial charge is 0.366 e. The molecule has 0 aromatic heterocycles. The number of morpholine rings is 1. The molecule has 2 aliphatic rings. The lowest BCUT2D eigenvalue weighted by Gasteiger charge is -2.40. The lowest BCUT2D eigenvalue weighted by molar-refractivity contribution is -0.149. The molecule has 3 atom stereocenters. The number of nitrogens with zero attached hydrogens (tertiary/aromatic N) is 1. The first-order chi connectivity index (χ1) is 8.22. The standard InChI is InChI=1S/C12H23N3O2/c1-9-2-4-15(10(6-9)7-13)12(16)11-8-14-3-5-17-11/h9-11,14H,2-8,13H2,1H3/t9?,10?,11-/m0/s1. The third kappa shape index (κ3) is 2.97. The van der Waals surface area contributed by atoms with E-state index < -0.39 is 0 Å². The molecule has 98 valence electrons. The van der Waals surface area contributed by atoms with Crippen LogP contribution < -0.4 is 11.1 Å². The van der Waals surface area contributed by atoms with E-state index in [2.05, 4.69) is 12.2 Å². The summed E-state index contributed by atoms with van der Waals surface area (Å²) in [5, 5.41) is 3.19. The Bertz CT molecular complexity index is 266. The lowest BCUT2D eigenvalue weighted by atomic mass is 9.92. The molecule has 0 radical (unpaired) electrons. The summed E-state index contributed by atoms with van der Waals surface area (Å²) in [6.45, 7) is 5.68. The molecule has 2 aliphatic heterocycles. The summed E-state index contributed by atoms with van der Waals surface area (Å²) in [6.07, 6.45) is 1.77. The summed E-state index contributed by atoms with van der Waals surface area (Å²) in [7, 11) is 0. The number of rotatable bonds is 2. The van der Waals surface area contributed by atoms with E-state index in [0.29, 0.717) is 25.6 Å². The van der Waals surface area contributed by atoms with Crippen LogP contribution in [-0.2, 0) is 9.53 Å². The normalized spacial score (nSPS) is 34.7. The molecule has 2 fully saturated rings. The second-order valence-corrected chi connectivity index (χ2v) is 5.11. The number of hydrogen-bond donors (Lipinski definition) is 2. The maximum atomic E-state index is 12.3. The van der Waals surface area contributed by atoms with Gasteiger partial charge in [-0.25, -0.2) is 0 Å². The SMILES string of the molecule is CC1CCN(C(=O)[C@@H]2CNCCO2)C(CN)C1. The average Bonchev–Trinajstić information content (AvgIpc) is 2.39. The van der Waals surface area contributed by atoms with Crippen LogP contribution in [0.1, 0.15) is 19.8 Å². The van der Waals surface area contributed by atoms with Gasteiger partial charge in [-0.1, -0.05) is 6.92 Å². The number of amides is 1. The number of nitrogens with two attached hydrogens (primary N) is 1. The van der Waals surface area contributed by atoms with Gasteiger partial charge in [0.1, 0.15) is 6.10 Å². The van der Waals surface area contributed by atoms with Gasteiger partial charge >= 0.3 is 0 Å².